The maximum absolute atomic E-state index is 10.8. The number of benzene rings is 1. The zero-order valence-electron chi connectivity index (χ0n) is 10.0. The van der Waals surface area contributed by atoms with Crippen molar-refractivity contribution in [1.29, 1.82) is 0 Å². The van der Waals surface area contributed by atoms with Crippen molar-refractivity contribution >= 4 is 16.9 Å². The van der Waals surface area contributed by atoms with E-state index in [0.717, 1.165) is 16.6 Å². The van der Waals surface area contributed by atoms with Crippen LogP contribution in [0, 0.1) is 0 Å². The molecule has 0 bridgehead atoms. The highest BCUT2D eigenvalue weighted by molar-refractivity contribution is 5.86. The Hall–Kier alpha value is -2.69. The van der Waals surface area contributed by atoms with Gasteiger partial charge in [-0.2, -0.15) is 5.10 Å². The lowest BCUT2D eigenvalue weighted by Crippen LogP contribution is -2.02. The van der Waals surface area contributed by atoms with Crippen molar-refractivity contribution in [1.82, 2.24) is 14.8 Å². The third-order valence-electron chi connectivity index (χ3n) is 2.86. The first-order valence-corrected chi connectivity index (χ1v) is 5.83. The molecule has 2 heterocycles. The maximum Gasteiger partial charge on any atom is 0.338 e. The normalized spacial score (nSPS) is 10.7. The third-order valence-corrected chi connectivity index (χ3v) is 2.86. The van der Waals surface area contributed by atoms with Crippen LogP contribution in [0.4, 0.5) is 0 Å². The molecule has 5 nitrogen and oxygen atoms in total. The predicted octanol–water partition coefficient (Wildman–Crippen LogP) is 2.18. The van der Waals surface area contributed by atoms with E-state index >= 15 is 0 Å². The predicted molar refractivity (Wildman–Crippen MR) is 70.0 cm³/mol. The summed E-state index contributed by atoms with van der Waals surface area (Å²) in [6.07, 6.45) is 2.84. The van der Waals surface area contributed by atoms with Crippen molar-refractivity contribution in [2.75, 3.05) is 0 Å². The molecule has 0 radical (unpaired) electrons. The number of para-hydroxylation sites is 1. The number of carbonyl (C=O) groups is 1. The zero-order valence-corrected chi connectivity index (χ0v) is 10.0. The molecule has 0 aliphatic rings. The van der Waals surface area contributed by atoms with Gasteiger partial charge >= 0.3 is 5.97 Å². The van der Waals surface area contributed by atoms with Gasteiger partial charge in [-0.1, -0.05) is 24.3 Å². The monoisotopic (exact) mass is 253 g/mol. The van der Waals surface area contributed by atoms with Crippen LogP contribution < -0.4 is 0 Å². The van der Waals surface area contributed by atoms with Crippen molar-refractivity contribution in [3.05, 3.63) is 60.0 Å². The van der Waals surface area contributed by atoms with Gasteiger partial charge in [-0.15, -0.1) is 0 Å². The van der Waals surface area contributed by atoms with E-state index in [9.17, 15) is 4.79 Å². The van der Waals surface area contributed by atoms with E-state index in [-0.39, 0.29) is 5.56 Å². The second-order valence-electron chi connectivity index (χ2n) is 4.23. The molecule has 0 fully saturated rings. The summed E-state index contributed by atoms with van der Waals surface area (Å²) in [5, 5.41) is 13.9. The summed E-state index contributed by atoms with van der Waals surface area (Å²) in [6, 6.07) is 11.8. The molecule has 3 aromatic rings. The quantitative estimate of drug-likeness (QED) is 0.776. The number of pyridine rings is 1. The smallest absolute Gasteiger partial charge is 0.338 e. The lowest BCUT2D eigenvalue weighted by Gasteiger charge is -2.03. The van der Waals surface area contributed by atoms with Crippen molar-refractivity contribution in [3.8, 4) is 0 Å². The Labute approximate surface area is 109 Å². The Morgan fingerprint density at radius 3 is 2.84 bits per heavy atom. The molecule has 0 aliphatic carbocycles. The minimum Gasteiger partial charge on any atom is -0.478 e. The van der Waals surface area contributed by atoms with E-state index in [4.69, 9.17) is 5.11 Å². The number of aromatic nitrogens is 3. The highest BCUT2D eigenvalue weighted by atomic mass is 16.4. The van der Waals surface area contributed by atoms with Crippen molar-refractivity contribution in [2.24, 2.45) is 0 Å². The molecule has 19 heavy (non-hydrogen) atoms. The van der Waals surface area contributed by atoms with Gasteiger partial charge < -0.3 is 5.11 Å². The fourth-order valence-electron chi connectivity index (χ4n) is 1.92. The van der Waals surface area contributed by atoms with Gasteiger partial charge in [0.1, 0.15) is 0 Å². The van der Waals surface area contributed by atoms with E-state index in [1.807, 2.05) is 36.4 Å². The molecule has 5 heteroatoms. The van der Waals surface area contributed by atoms with Crippen LogP contribution in [0.5, 0.6) is 0 Å². The number of aromatic carboxylic acids is 1. The molecule has 0 spiro atoms. The Balaban J connectivity index is 1.89. The number of carboxylic acid groups (broad SMARTS) is 1. The molecule has 1 aromatic carbocycles. The molecule has 1 N–H and O–H groups in total. The number of fused-ring (bicyclic) bond motifs is 1. The van der Waals surface area contributed by atoms with Gasteiger partial charge in [-0.25, -0.2) is 4.79 Å². The highest BCUT2D eigenvalue weighted by Crippen LogP contribution is 2.12. The van der Waals surface area contributed by atoms with E-state index < -0.39 is 5.97 Å². The van der Waals surface area contributed by atoms with Gasteiger partial charge in [0.25, 0.3) is 0 Å². The fourth-order valence-corrected chi connectivity index (χ4v) is 1.92. The van der Waals surface area contributed by atoms with Crippen molar-refractivity contribution < 1.29 is 9.90 Å². The van der Waals surface area contributed by atoms with Gasteiger partial charge in [0.15, 0.2) is 0 Å². The number of hydrogen-bond acceptors (Lipinski definition) is 3. The molecule has 94 valence electrons. The van der Waals surface area contributed by atoms with E-state index in [1.54, 1.807) is 4.68 Å². The van der Waals surface area contributed by atoms with Gasteiger partial charge in [0, 0.05) is 11.6 Å². The van der Waals surface area contributed by atoms with E-state index in [2.05, 4.69) is 10.1 Å². The Kier molecular flexibility index (Phi) is 2.72. The minimum absolute atomic E-state index is 0.181. The molecule has 0 saturated carbocycles. The molecule has 0 unspecified atom stereocenters. The summed E-state index contributed by atoms with van der Waals surface area (Å²) in [5.41, 5.74) is 1.95. The Bertz CT molecular complexity index is 749. The third kappa shape index (κ3) is 2.30. The molecular weight excluding hydrogens is 242 g/mol. The molecule has 2 aromatic heterocycles. The first-order chi connectivity index (χ1) is 9.22. The zero-order chi connectivity index (χ0) is 13.2. The molecule has 0 aliphatic heterocycles. The molecule has 0 atom stereocenters. The van der Waals surface area contributed by atoms with Crippen LogP contribution in [0.25, 0.3) is 10.9 Å². The molecular formula is C14H11N3O2. The summed E-state index contributed by atoms with van der Waals surface area (Å²) < 4.78 is 1.57. The van der Waals surface area contributed by atoms with Crippen LogP contribution in [0.1, 0.15) is 16.1 Å². The van der Waals surface area contributed by atoms with Gasteiger partial charge in [0.05, 0.1) is 29.5 Å². The fraction of sp³-hybridized carbons (Fsp3) is 0.0714. The summed E-state index contributed by atoms with van der Waals surface area (Å²) in [5.74, 6) is -0.974. The van der Waals surface area contributed by atoms with Crippen LogP contribution >= 0.6 is 0 Å². The van der Waals surface area contributed by atoms with Crippen LogP contribution in [-0.2, 0) is 6.54 Å². The number of hydrogen-bond donors (Lipinski definition) is 1. The van der Waals surface area contributed by atoms with Crippen molar-refractivity contribution in [2.45, 2.75) is 6.54 Å². The molecule has 0 saturated heterocycles. The van der Waals surface area contributed by atoms with Crippen LogP contribution in [0.3, 0.4) is 0 Å². The standard InChI is InChI=1S/C14H11N3O2/c18-14(19)11-7-15-17(8-11)9-12-6-5-10-3-1-2-4-13(10)16-12/h1-8H,9H2,(H,18,19). The first kappa shape index (κ1) is 11.4. The van der Waals surface area contributed by atoms with Gasteiger partial charge in [0.2, 0.25) is 0 Å². The molecule has 3 rings (SSSR count). The summed E-state index contributed by atoms with van der Waals surface area (Å²) in [4.78, 5) is 15.3. The van der Waals surface area contributed by atoms with Crippen LogP contribution in [-0.4, -0.2) is 25.8 Å². The average Bonchev–Trinajstić information content (AvgIpc) is 2.87. The van der Waals surface area contributed by atoms with Crippen LogP contribution in [0.2, 0.25) is 0 Å². The topological polar surface area (TPSA) is 68.0 Å². The summed E-state index contributed by atoms with van der Waals surface area (Å²) >= 11 is 0. The Morgan fingerprint density at radius 1 is 1.21 bits per heavy atom. The lowest BCUT2D eigenvalue weighted by molar-refractivity contribution is 0.0697. The lowest BCUT2D eigenvalue weighted by atomic mass is 10.2. The average molecular weight is 253 g/mol. The minimum atomic E-state index is -0.974. The number of carboxylic acids is 1. The second kappa shape index (κ2) is 4.53. The number of rotatable bonds is 3. The SMILES string of the molecule is O=C(O)c1cnn(Cc2ccc3ccccc3n2)c1. The largest absolute Gasteiger partial charge is 0.478 e. The van der Waals surface area contributed by atoms with Gasteiger partial charge in [-0.3, -0.25) is 9.67 Å². The highest BCUT2D eigenvalue weighted by Gasteiger charge is 2.06. The molecule has 0 amide bonds. The summed E-state index contributed by atoms with van der Waals surface area (Å²) in [6.45, 7) is 0.456. The second-order valence-corrected chi connectivity index (χ2v) is 4.23. The van der Waals surface area contributed by atoms with E-state index in [0.29, 0.717) is 6.54 Å². The summed E-state index contributed by atoms with van der Waals surface area (Å²) in [7, 11) is 0. The van der Waals surface area contributed by atoms with E-state index in [1.165, 1.54) is 12.4 Å². The maximum atomic E-state index is 10.8. The van der Waals surface area contributed by atoms with Gasteiger partial charge in [-0.05, 0) is 12.1 Å². The van der Waals surface area contributed by atoms with Crippen molar-refractivity contribution in [3.63, 3.8) is 0 Å². The number of nitrogens with zero attached hydrogens (tertiary/aromatic N) is 3. The first-order valence-electron chi connectivity index (χ1n) is 5.83. The Morgan fingerprint density at radius 2 is 2.05 bits per heavy atom. The van der Waals surface area contributed by atoms with Crippen LogP contribution in [0.15, 0.2) is 48.8 Å².